The van der Waals surface area contributed by atoms with E-state index in [1.165, 1.54) is 5.56 Å². The first-order valence-corrected chi connectivity index (χ1v) is 8.29. The van der Waals surface area contributed by atoms with Crippen LogP contribution in [0.25, 0.3) is 0 Å². The summed E-state index contributed by atoms with van der Waals surface area (Å²) in [5.74, 6) is -0.322. The molecule has 2 rings (SSSR count). The molecule has 0 bridgehead atoms. The van der Waals surface area contributed by atoms with Crippen molar-refractivity contribution in [3.63, 3.8) is 0 Å². The second-order valence-electron chi connectivity index (χ2n) is 5.50. The van der Waals surface area contributed by atoms with Crippen molar-refractivity contribution in [2.75, 3.05) is 11.9 Å². The van der Waals surface area contributed by atoms with Crippen LogP contribution in [0.3, 0.4) is 0 Å². The minimum Gasteiger partial charge on any atom is -0.462 e. The SMILES string of the molecule is CCOC(=O)c1cccc(NC(=S)NCc2cccc(C)c2)c1C. The summed E-state index contributed by atoms with van der Waals surface area (Å²) >= 11 is 5.35. The van der Waals surface area contributed by atoms with Crippen LogP contribution in [0.4, 0.5) is 5.69 Å². The molecule has 0 amide bonds. The average Bonchev–Trinajstić information content (AvgIpc) is 2.55. The number of thiocarbonyl (C=S) groups is 1. The number of carbonyl (C=O) groups excluding carboxylic acids is 1. The van der Waals surface area contributed by atoms with Crippen molar-refractivity contribution < 1.29 is 9.53 Å². The minimum absolute atomic E-state index is 0.322. The number of hydrogen-bond donors (Lipinski definition) is 2. The zero-order valence-corrected chi connectivity index (χ0v) is 15.0. The molecule has 0 heterocycles. The summed E-state index contributed by atoms with van der Waals surface area (Å²) in [5.41, 5.74) is 4.53. The van der Waals surface area contributed by atoms with Gasteiger partial charge in [-0.2, -0.15) is 0 Å². The number of hydrogen-bond acceptors (Lipinski definition) is 3. The second-order valence-corrected chi connectivity index (χ2v) is 5.90. The molecule has 0 aromatic heterocycles. The van der Waals surface area contributed by atoms with E-state index in [0.29, 0.717) is 23.8 Å². The molecule has 2 aromatic carbocycles. The van der Waals surface area contributed by atoms with Gasteiger partial charge < -0.3 is 15.4 Å². The molecule has 0 saturated carbocycles. The second kappa shape index (κ2) is 8.45. The number of carbonyl (C=O) groups is 1. The fraction of sp³-hybridized carbons (Fsp3) is 0.263. The largest absolute Gasteiger partial charge is 0.462 e. The third kappa shape index (κ3) is 4.80. The van der Waals surface area contributed by atoms with Crippen molar-refractivity contribution in [2.24, 2.45) is 0 Å². The molecule has 0 aliphatic carbocycles. The fourth-order valence-corrected chi connectivity index (χ4v) is 2.55. The molecule has 2 aromatic rings. The zero-order chi connectivity index (χ0) is 17.5. The molecule has 2 N–H and O–H groups in total. The van der Waals surface area contributed by atoms with Gasteiger partial charge in [0.05, 0.1) is 12.2 Å². The lowest BCUT2D eigenvalue weighted by atomic mass is 10.1. The number of nitrogens with one attached hydrogen (secondary N) is 2. The zero-order valence-electron chi connectivity index (χ0n) is 14.2. The lowest BCUT2D eigenvalue weighted by Gasteiger charge is -2.14. The van der Waals surface area contributed by atoms with Gasteiger partial charge in [0.2, 0.25) is 0 Å². The predicted octanol–water partition coefficient (Wildman–Crippen LogP) is 3.97. The van der Waals surface area contributed by atoms with Crippen molar-refractivity contribution in [1.82, 2.24) is 5.32 Å². The van der Waals surface area contributed by atoms with E-state index in [2.05, 4.69) is 35.8 Å². The molecule has 0 unspecified atom stereocenters. The van der Waals surface area contributed by atoms with Crippen LogP contribution >= 0.6 is 12.2 Å². The van der Waals surface area contributed by atoms with Gasteiger partial charge in [0, 0.05) is 12.2 Å². The Balaban J connectivity index is 2.01. The van der Waals surface area contributed by atoms with E-state index < -0.39 is 0 Å². The minimum atomic E-state index is -0.322. The third-order valence-corrected chi connectivity index (χ3v) is 3.86. The third-order valence-electron chi connectivity index (χ3n) is 3.61. The van der Waals surface area contributed by atoms with Crippen LogP contribution in [0, 0.1) is 13.8 Å². The van der Waals surface area contributed by atoms with Crippen LogP contribution in [-0.2, 0) is 11.3 Å². The molecular formula is C19H22N2O2S. The van der Waals surface area contributed by atoms with E-state index in [0.717, 1.165) is 16.8 Å². The van der Waals surface area contributed by atoms with Crippen molar-refractivity contribution in [1.29, 1.82) is 0 Å². The monoisotopic (exact) mass is 342 g/mol. The van der Waals surface area contributed by atoms with Gasteiger partial charge in [-0.1, -0.05) is 35.9 Å². The number of ether oxygens (including phenoxy) is 1. The summed E-state index contributed by atoms with van der Waals surface area (Å²) < 4.78 is 5.07. The van der Waals surface area contributed by atoms with E-state index in [4.69, 9.17) is 17.0 Å². The Morgan fingerprint density at radius 2 is 1.92 bits per heavy atom. The van der Waals surface area contributed by atoms with Gasteiger partial charge in [-0.3, -0.25) is 0 Å². The number of aryl methyl sites for hydroxylation is 1. The van der Waals surface area contributed by atoms with E-state index in [1.54, 1.807) is 13.0 Å². The quantitative estimate of drug-likeness (QED) is 0.636. The molecule has 4 nitrogen and oxygen atoms in total. The molecule has 0 saturated heterocycles. The number of benzene rings is 2. The van der Waals surface area contributed by atoms with Crippen molar-refractivity contribution in [3.05, 3.63) is 64.7 Å². The fourth-order valence-electron chi connectivity index (χ4n) is 2.37. The molecular weight excluding hydrogens is 320 g/mol. The average molecular weight is 342 g/mol. The predicted molar refractivity (Wildman–Crippen MR) is 101 cm³/mol. The summed E-state index contributed by atoms with van der Waals surface area (Å²) in [6.07, 6.45) is 0. The Bertz CT molecular complexity index is 744. The highest BCUT2D eigenvalue weighted by molar-refractivity contribution is 7.80. The molecule has 5 heteroatoms. The first-order valence-electron chi connectivity index (χ1n) is 7.88. The van der Waals surface area contributed by atoms with Gasteiger partial charge in [-0.05, 0) is 56.2 Å². The summed E-state index contributed by atoms with van der Waals surface area (Å²) in [5, 5.41) is 6.84. The maximum Gasteiger partial charge on any atom is 0.338 e. The molecule has 0 aliphatic rings. The van der Waals surface area contributed by atoms with E-state index >= 15 is 0 Å². The first kappa shape index (κ1) is 17.9. The summed E-state index contributed by atoms with van der Waals surface area (Å²) in [6.45, 7) is 6.72. The summed E-state index contributed by atoms with van der Waals surface area (Å²) in [7, 11) is 0. The summed E-state index contributed by atoms with van der Waals surface area (Å²) in [6, 6.07) is 13.7. The topological polar surface area (TPSA) is 50.4 Å². The van der Waals surface area contributed by atoms with Crippen LogP contribution in [-0.4, -0.2) is 17.7 Å². The van der Waals surface area contributed by atoms with Gasteiger partial charge >= 0.3 is 5.97 Å². The summed E-state index contributed by atoms with van der Waals surface area (Å²) in [4.78, 5) is 11.9. The molecule has 0 aliphatic heterocycles. The lowest BCUT2D eigenvalue weighted by molar-refractivity contribution is 0.0525. The van der Waals surface area contributed by atoms with Gasteiger partial charge in [0.15, 0.2) is 5.11 Å². The van der Waals surface area contributed by atoms with E-state index in [1.807, 2.05) is 25.1 Å². The first-order chi connectivity index (χ1) is 11.5. The maximum atomic E-state index is 11.9. The van der Waals surface area contributed by atoms with Crippen molar-refractivity contribution in [2.45, 2.75) is 27.3 Å². The molecule has 24 heavy (non-hydrogen) atoms. The van der Waals surface area contributed by atoms with Crippen molar-refractivity contribution in [3.8, 4) is 0 Å². The van der Waals surface area contributed by atoms with Crippen LogP contribution in [0.5, 0.6) is 0 Å². The molecule has 0 radical (unpaired) electrons. The van der Waals surface area contributed by atoms with Crippen LogP contribution in [0.2, 0.25) is 0 Å². The van der Waals surface area contributed by atoms with Crippen molar-refractivity contribution >= 4 is 29.0 Å². The van der Waals surface area contributed by atoms with Crippen LogP contribution in [0.1, 0.15) is 34.0 Å². The van der Waals surface area contributed by atoms with Gasteiger partial charge in [-0.25, -0.2) is 4.79 Å². The highest BCUT2D eigenvalue weighted by Crippen LogP contribution is 2.19. The van der Waals surface area contributed by atoms with E-state index in [-0.39, 0.29) is 5.97 Å². The standard InChI is InChI=1S/C19H22N2O2S/c1-4-23-18(22)16-9-6-10-17(14(16)3)21-19(24)20-12-15-8-5-7-13(2)11-15/h5-11H,4,12H2,1-3H3,(H2,20,21,24). The molecule has 0 spiro atoms. The number of esters is 1. The van der Waals surface area contributed by atoms with Gasteiger partial charge in [0.25, 0.3) is 0 Å². The Hall–Kier alpha value is -2.40. The Morgan fingerprint density at radius 3 is 2.62 bits per heavy atom. The number of rotatable bonds is 5. The maximum absolute atomic E-state index is 11.9. The van der Waals surface area contributed by atoms with Gasteiger partial charge in [-0.15, -0.1) is 0 Å². The highest BCUT2D eigenvalue weighted by Gasteiger charge is 2.13. The normalized spacial score (nSPS) is 10.1. The Labute approximate surface area is 148 Å². The smallest absolute Gasteiger partial charge is 0.338 e. The Morgan fingerprint density at radius 1 is 1.17 bits per heavy atom. The molecule has 0 atom stereocenters. The number of anilines is 1. The van der Waals surface area contributed by atoms with Crippen LogP contribution < -0.4 is 10.6 Å². The lowest BCUT2D eigenvalue weighted by Crippen LogP contribution is -2.28. The van der Waals surface area contributed by atoms with Gasteiger partial charge in [0.1, 0.15) is 0 Å². The van der Waals surface area contributed by atoms with E-state index in [9.17, 15) is 4.79 Å². The molecule has 126 valence electrons. The molecule has 0 fully saturated rings. The highest BCUT2D eigenvalue weighted by atomic mass is 32.1. The van der Waals surface area contributed by atoms with Crippen LogP contribution in [0.15, 0.2) is 42.5 Å². The Kier molecular flexibility index (Phi) is 6.32.